The number of hydrogen-bond acceptors (Lipinski definition) is 4. The molecule has 8 nitrogen and oxygen atoms in total. The lowest BCUT2D eigenvalue weighted by Gasteiger charge is -2.72. The fraction of sp³-hybridized carbons (Fsp3) is 0.721. The minimum atomic E-state index is -0.282. The Balaban J connectivity index is 1.00. The van der Waals surface area contributed by atoms with E-state index in [-0.39, 0.29) is 45.4 Å². The molecule has 0 saturated heterocycles. The van der Waals surface area contributed by atoms with Gasteiger partial charge in [-0.05, 0) is 104 Å². The van der Waals surface area contributed by atoms with Crippen molar-refractivity contribution >= 4 is 34.8 Å². The normalized spacial score (nSPS) is 38.8. The number of carbonyl (C=O) groups is 2. The third-order valence-corrected chi connectivity index (χ3v) is 17.4. The average Bonchev–Trinajstić information content (AvgIpc) is 3.46. The summed E-state index contributed by atoms with van der Waals surface area (Å²) in [6.45, 7) is 15.8. The van der Waals surface area contributed by atoms with Gasteiger partial charge in [0.2, 0.25) is 0 Å². The Morgan fingerprint density at radius 3 is 1.98 bits per heavy atom. The van der Waals surface area contributed by atoms with Crippen LogP contribution in [0.4, 0.5) is 9.59 Å². The molecule has 0 radical (unpaired) electrons. The van der Waals surface area contributed by atoms with Gasteiger partial charge in [0.25, 0.3) is 0 Å². The Labute approximate surface area is 325 Å². The van der Waals surface area contributed by atoms with Crippen LogP contribution in [0.15, 0.2) is 61.2 Å². The number of fused-ring (bicyclic) bond motifs is 7. The highest BCUT2D eigenvalue weighted by Gasteiger charge is 2.71. The smallest absolute Gasteiger partial charge is 0.407 e. The summed E-state index contributed by atoms with van der Waals surface area (Å²) in [5.74, 6) is 2.41. The molecule has 5 fully saturated rings. The van der Waals surface area contributed by atoms with Gasteiger partial charge in [0, 0.05) is 39.0 Å². The number of pyridine rings is 2. The van der Waals surface area contributed by atoms with Crippen LogP contribution in [0.1, 0.15) is 98.8 Å². The third kappa shape index (κ3) is 6.65. The molecule has 0 aliphatic heterocycles. The van der Waals surface area contributed by atoms with Crippen LogP contribution in [0.25, 0.3) is 0 Å². The molecule has 5 aliphatic carbocycles. The van der Waals surface area contributed by atoms with Crippen molar-refractivity contribution in [3.8, 4) is 0 Å². The maximum absolute atomic E-state index is 13.1. The number of halogens is 1. The van der Waals surface area contributed by atoms with Gasteiger partial charge < -0.3 is 20.1 Å². The van der Waals surface area contributed by atoms with Crippen molar-refractivity contribution in [3.63, 3.8) is 0 Å². The molecule has 2 N–H and O–H groups in total. The van der Waals surface area contributed by atoms with Gasteiger partial charge in [-0.25, -0.2) is 18.7 Å². The maximum atomic E-state index is 13.1. The number of alkyl carbamates (subject to hydrolysis) is 2. The van der Waals surface area contributed by atoms with Crippen LogP contribution in [-0.2, 0) is 22.6 Å². The van der Waals surface area contributed by atoms with Gasteiger partial charge in [0.15, 0.2) is 37.9 Å². The third-order valence-electron chi connectivity index (χ3n) is 16.0. The van der Waals surface area contributed by atoms with Crippen molar-refractivity contribution < 1.29 is 28.2 Å². The number of aromatic nitrogens is 2. The number of rotatable bonds is 9. The van der Waals surface area contributed by atoms with Gasteiger partial charge >= 0.3 is 12.2 Å². The maximum Gasteiger partial charge on any atom is 0.407 e. The summed E-state index contributed by atoms with van der Waals surface area (Å²) in [5.41, 5.74) is 0.738. The first-order chi connectivity index (χ1) is 24.8. The zero-order chi connectivity index (χ0) is 36.8. The Morgan fingerprint density at radius 1 is 0.692 bits per heavy atom. The van der Waals surface area contributed by atoms with Crippen molar-refractivity contribution in [2.75, 3.05) is 19.7 Å². The monoisotopic (exact) mass is 826 g/mol. The van der Waals surface area contributed by atoms with Crippen LogP contribution >= 0.6 is 22.6 Å². The van der Waals surface area contributed by atoms with Crippen molar-refractivity contribution in [1.82, 2.24) is 10.6 Å². The summed E-state index contributed by atoms with van der Waals surface area (Å²) in [6, 6.07) is 12.0. The lowest BCUT2D eigenvalue weighted by Crippen LogP contribution is -2.67. The van der Waals surface area contributed by atoms with Crippen LogP contribution in [0.5, 0.6) is 0 Å². The fourth-order valence-electron chi connectivity index (χ4n) is 13.3. The van der Waals surface area contributed by atoms with Crippen molar-refractivity contribution in [2.45, 2.75) is 122 Å². The molecule has 2 aromatic heterocycles. The van der Waals surface area contributed by atoms with E-state index in [2.05, 4.69) is 77.0 Å². The zero-order valence-electron chi connectivity index (χ0n) is 32.2. The SMILES string of the molecule is CC1(C)C2CC[C@]3(C)C(CCC4C5[C@H](I)CC[C@]5(COC(=O)NCC[n+]5ccccc5)CC[C@]43C)[C@@]2(C)CC[C@@H]1OC(=O)NCC[n+]1ccccc1. The first-order valence-corrected chi connectivity index (χ1v) is 21.4. The quantitative estimate of drug-likeness (QED) is 0.152. The predicted octanol–water partition coefficient (Wildman–Crippen LogP) is 8.05. The lowest BCUT2D eigenvalue weighted by molar-refractivity contribution is -0.695. The highest BCUT2D eigenvalue weighted by Crippen LogP contribution is 2.77. The van der Waals surface area contributed by atoms with E-state index in [9.17, 15) is 9.59 Å². The van der Waals surface area contributed by atoms with Gasteiger partial charge in [-0.3, -0.25) is 0 Å². The number of nitrogens with one attached hydrogen (secondary N) is 2. The van der Waals surface area contributed by atoms with Gasteiger partial charge in [-0.15, -0.1) is 0 Å². The zero-order valence-corrected chi connectivity index (χ0v) is 34.4. The molecule has 10 atom stereocenters. The molecule has 284 valence electrons. The van der Waals surface area contributed by atoms with Gasteiger partial charge in [-0.1, -0.05) is 69.3 Å². The summed E-state index contributed by atoms with van der Waals surface area (Å²) < 4.78 is 17.1. The lowest BCUT2D eigenvalue weighted by atomic mass is 9.32. The molecule has 0 aromatic carbocycles. The van der Waals surface area contributed by atoms with Crippen LogP contribution in [0, 0.1) is 50.7 Å². The molecule has 5 aliphatic rings. The number of hydrogen-bond donors (Lipinski definition) is 2. The largest absolute Gasteiger partial charge is 0.449 e. The summed E-state index contributed by atoms with van der Waals surface area (Å²) in [4.78, 5) is 26.0. The highest BCUT2D eigenvalue weighted by atomic mass is 127. The Morgan fingerprint density at radius 2 is 1.33 bits per heavy atom. The Kier molecular flexibility index (Phi) is 10.7. The summed E-state index contributed by atoms with van der Waals surface area (Å²) in [7, 11) is 0. The number of ether oxygens (including phenoxy) is 2. The van der Waals surface area contributed by atoms with E-state index in [1.165, 1.54) is 44.9 Å². The van der Waals surface area contributed by atoms with Gasteiger partial charge in [0.1, 0.15) is 6.10 Å². The van der Waals surface area contributed by atoms with E-state index < -0.39 is 0 Å². The minimum Gasteiger partial charge on any atom is -0.449 e. The second kappa shape index (κ2) is 14.7. The fourth-order valence-corrected chi connectivity index (χ4v) is 14.8. The minimum absolute atomic E-state index is 0.0749. The molecule has 0 bridgehead atoms. The van der Waals surface area contributed by atoms with Crippen molar-refractivity contribution in [3.05, 3.63) is 61.2 Å². The molecule has 7 rings (SSSR count). The molecular formula is C43H63IN4O4+2. The number of carbonyl (C=O) groups excluding carboxylic acids is 2. The molecule has 9 heteroatoms. The van der Waals surface area contributed by atoms with E-state index >= 15 is 0 Å². The second-order valence-electron chi connectivity index (χ2n) is 18.5. The molecule has 5 saturated carbocycles. The summed E-state index contributed by atoms with van der Waals surface area (Å²) in [5, 5.41) is 6.04. The summed E-state index contributed by atoms with van der Waals surface area (Å²) >= 11 is 2.76. The second-order valence-corrected chi connectivity index (χ2v) is 20.1. The van der Waals surface area contributed by atoms with Crippen molar-refractivity contribution in [2.24, 2.45) is 50.7 Å². The molecule has 2 amide bonds. The molecule has 52 heavy (non-hydrogen) atoms. The van der Waals surface area contributed by atoms with E-state index in [1.54, 1.807) is 0 Å². The molecule has 0 spiro atoms. The first-order valence-electron chi connectivity index (χ1n) is 20.2. The van der Waals surface area contributed by atoms with E-state index in [4.69, 9.17) is 9.47 Å². The number of nitrogens with zero attached hydrogens (tertiary/aromatic N) is 2. The van der Waals surface area contributed by atoms with Crippen molar-refractivity contribution in [1.29, 1.82) is 0 Å². The van der Waals surface area contributed by atoms with Crippen LogP contribution in [0.3, 0.4) is 0 Å². The van der Waals surface area contributed by atoms with Gasteiger partial charge in [0.05, 0.1) is 19.7 Å². The van der Waals surface area contributed by atoms with Crippen LogP contribution in [-0.4, -0.2) is 41.9 Å². The Hall–Kier alpha value is -2.43. The number of alkyl halides is 1. The average molecular weight is 827 g/mol. The molecule has 2 heterocycles. The standard InChI is InChI=1S/C43H61IN4O4/c1-39(2)33-15-18-42(5)34(40(33,3)17-16-35(39)52-38(50)46-23-29-48-26-10-7-11-27-48)13-12-31-36-32(44)14-19-43(36,21-20-41(31,42)4)30-51-37(49)45-22-28-47-24-8-6-9-25-47/h6-11,24-27,31-36H,12-23,28-30H2,1-5H3/p+2/t31?,32-,33?,34?,35+,36?,40+,41-,42-,43-/m1/s1. The molecule has 4 unspecified atom stereocenters. The number of amides is 2. The van der Waals surface area contributed by atoms with E-state index in [0.717, 1.165) is 32.4 Å². The first kappa shape index (κ1) is 37.9. The molecule has 2 aromatic rings. The highest BCUT2D eigenvalue weighted by molar-refractivity contribution is 14.1. The van der Waals surface area contributed by atoms with E-state index in [1.807, 2.05) is 61.2 Å². The van der Waals surface area contributed by atoms with E-state index in [0.29, 0.717) is 47.3 Å². The Bertz CT molecular complexity index is 1580. The van der Waals surface area contributed by atoms with Gasteiger partial charge in [-0.2, -0.15) is 0 Å². The van der Waals surface area contributed by atoms with Crippen LogP contribution < -0.4 is 19.8 Å². The summed E-state index contributed by atoms with van der Waals surface area (Å²) in [6.07, 6.45) is 19.2. The van der Waals surface area contributed by atoms with Crippen LogP contribution in [0.2, 0.25) is 0 Å². The topological polar surface area (TPSA) is 84.4 Å². The molecular weight excluding hydrogens is 763 g/mol. The predicted molar refractivity (Wildman–Crippen MR) is 209 cm³/mol.